The lowest BCUT2D eigenvalue weighted by Crippen LogP contribution is -2.07. The second kappa shape index (κ2) is 5.39. The first-order chi connectivity index (χ1) is 10.1. The molecule has 0 atom stereocenters. The van der Waals surface area contributed by atoms with Crippen LogP contribution in [0.3, 0.4) is 0 Å². The molecule has 1 aliphatic carbocycles. The van der Waals surface area contributed by atoms with Crippen LogP contribution < -0.4 is 5.32 Å². The topological polar surface area (TPSA) is 37.8 Å². The van der Waals surface area contributed by atoms with E-state index in [0.29, 0.717) is 17.2 Å². The fourth-order valence-electron chi connectivity index (χ4n) is 2.32. The molecule has 5 heteroatoms. The second-order valence-electron chi connectivity index (χ2n) is 5.34. The van der Waals surface area contributed by atoms with Gasteiger partial charge in [0.15, 0.2) is 11.6 Å². The number of anilines is 1. The van der Waals surface area contributed by atoms with Gasteiger partial charge in [0.2, 0.25) is 0 Å². The molecule has 110 valence electrons. The van der Waals surface area contributed by atoms with Crippen molar-refractivity contribution in [2.75, 3.05) is 11.9 Å². The Morgan fingerprint density at radius 2 is 1.95 bits per heavy atom. The van der Waals surface area contributed by atoms with Crippen molar-refractivity contribution < 1.29 is 8.78 Å². The maximum atomic E-state index is 13.5. The Balaban J connectivity index is 2.12. The normalized spacial score (nSPS) is 14.3. The van der Waals surface area contributed by atoms with Crippen LogP contribution in [0.15, 0.2) is 18.2 Å². The first-order valence-electron chi connectivity index (χ1n) is 7.18. The minimum absolute atomic E-state index is 0.395. The number of hydrogen-bond acceptors (Lipinski definition) is 3. The molecule has 1 aliphatic rings. The molecule has 1 saturated carbocycles. The molecule has 1 N–H and O–H groups in total. The molecule has 21 heavy (non-hydrogen) atoms. The Morgan fingerprint density at radius 1 is 1.19 bits per heavy atom. The molecule has 0 spiro atoms. The van der Waals surface area contributed by atoms with E-state index >= 15 is 0 Å². The highest BCUT2D eigenvalue weighted by Crippen LogP contribution is 2.40. The van der Waals surface area contributed by atoms with Gasteiger partial charge in [-0.1, -0.05) is 0 Å². The fraction of sp³-hybridized carbons (Fsp3) is 0.375. The molecule has 0 saturated heterocycles. The zero-order valence-corrected chi connectivity index (χ0v) is 12.1. The van der Waals surface area contributed by atoms with Crippen LogP contribution in [0.25, 0.3) is 11.3 Å². The molecule has 2 aromatic rings. The Kier molecular flexibility index (Phi) is 3.57. The standard InChI is InChI=1S/C16H17F2N3/c1-3-19-15-9(2)14(20-16(21-15)10-4-5-10)11-6-7-12(17)13(18)8-11/h6-8,10H,3-5H2,1-2H3,(H,19,20,21). The largest absolute Gasteiger partial charge is 0.370 e. The molecule has 1 heterocycles. The number of nitrogens with zero attached hydrogens (tertiary/aromatic N) is 2. The first-order valence-corrected chi connectivity index (χ1v) is 7.18. The number of hydrogen-bond donors (Lipinski definition) is 1. The van der Waals surface area contributed by atoms with E-state index in [1.165, 1.54) is 6.07 Å². The monoisotopic (exact) mass is 289 g/mol. The van der Waals surface area contributed by atoms with Gasteiger partial charge in [0.05, 0.1) is 5.69 Å². The van der Waals surface area contributed by atoms with Crippen LogP contribution in [0.4, 0.5) is 14.6 Å². The molecule has 0 amide bonds. The van der Waals surface area contributed by atoms with Crippen molar-refractivity contribution in [3.8, 4) is 11.3 Å². The van der Waals surface area contributed by atoms with Gasteiger partial charge in [-0.2, -0.15) is 0 Å². The van der Waals surface area contributed by atoms with Crippen molar-refractivity contribution in [2.24, 2.45) is 0 Å². The van der Waals surface area contributed by atoms with E-state index in [1.54, 1.807) is 6.07 Å². The third-order valence-electron chi connectivity index (χ3n) is 3.64. The van der Waals surface area contributed by atoms with Gasteiger partial charge < -0.3 is 5.32 Å². The van der Waals surface area contributed by atoms with Crippen molar-refractivity contribution >= 4 is 5.82 Å². The van der Waals surface area contributed by atoms with E-state index in [9.17, 15) is 8.78 Å². The van der Waals surface area contributed by atoms with Crippen molar-refractivity contribution in [2.45, 2.75) is 32.6 Å². The van der Waals surface area contributed by atoms with E-state index in [1.807, 2.05) is 13.8 Å². The zero-order chi connectivity index (χ0) is 15.0. The van der Waals surface area contributed by atoms with E-state index in [-0.39, 0.29) is 0 Å². The quantitative estimate of drug-likeness (QED) is 0.923. The number of nitrogens with one attached hydrogen (secondary N) is 1. The highest BCUT2D eigenvalue weighted by Gasteiger charge is 2.28. The van der Waals surface area contributed by atoms with E-state index in [2.05, 4.69) is 15.3 Å². The lowest BCUT2D eigenvalue weighted by Gasteiger charge is -2.13. The van der Waals surface area contributed by atoms with Crippen molar-refractivity contribution in [3.05, 3.63) is 41.2 Å². The van der Waals surface area contributed by atoms with Crippen LogP contribution in [-0.2, 0) is 0 Å². The van der Waals surface area contributed by atoms with Crippen LogP contribution in [-0.4, -0.2) is 16.5 Å². The van der Waals surface area contributed by atoms with Crippen molar-refractivity contribution in [1.29, 1.82) is 0 Å². The molecule has 0 radical (unpaired) electrons. The maximum Gasteiger partial charge on any atom is 0.159 e. The molecule has 0 aliphatic heterocycles. The maximum absolute atomic E-state index is 13.5. The van der Waals surface area contributed by atoms with Crippen molar-refractivity contribution in [1.82, 2.24) is 9.97 Å². The molecule has 3 rings (SSSR count). The number of halogens is 2. The van der Waals surface area contributed by atoms with E-state index in [4.69, 9.17) is 0 Å². The summed E-state index contributed by atoms with van der Waals surface area (Å²) in [5, 5.41) is 3.22. The molecular formula is C16H17F2N3. The highest BCUT2D eigenvalue weighted by atomic mass is 19.2. The highest BCUT2D eigenvalue weighted by molar-refractivity contribution is 5.68. The Bertz CT molecular complexity index is 681. The average Bonchev–Trinajstić information content (AvgIpc) is 3.29. The molecule has 0 bridgehead atoms. The first kappa shape index (κ1) is 13.9. The van der Waals surface area contributed by atoms with Crippen LogP contribution in [0, 0.1) is 18.6 Å². The van der Waals surface area contributed by atoms with Crippen molar-refractivity contribution in [3.63, 3.8) is 0 Å². The summed E-state index contributed by atoms with van der Waals surface area (Å²) < 4.78 is 26.6. The van der Waals surface area contributed by atoms with Gasteiger partial charge in [0, 0.05) is 23.6 Å². The summed E-state index contributed by atoms with van der Waals surface area (Å²) in [6.07, 6.45) is 2.18. The third kappa shape index (κ3) is 2.73. The Morgan fingerprint density at radius 3 is 2.57 bits per heavy atom. The SMILES string of the molecule is CCNc1nc(C2CC2)nc(-c2ccc(F)c(F)c2)c1C. The lowest BCUT2D eigenvalue weighted by molar-refractivity contribution is 0.509. The van der Waals surface area contributed by atoms with E-state index < -0.39 is 11.6 Å². The molecule has 1 fully saturated rings. The summed E-state index contributed by atoms with van der Waals surface area (Å²) in [5.41, 5.74) is 2.10. The Labute approximate surface area is 122 Å². The molecule has 1 aromatic carbocycles. The predicted octanol–water partition coefficient (Wildman–Crippen LogP) is 4.04. The number of rotatable bonds is 4. The summed E-state index contributed by atoms with van der Waals surface area (Å²) in [7, 11) is 0. The minimum Gasteiger partial charge on any atom is -0.370 e. The van der Waals surface area contributed by atoms with E-state index in [0.717, 1.165) is 42.7 Å². The fourth-order valence-corrected chi connectivity index (χ4v) is 2.32. The Hall–Kier alpha value is -2.04. The van der Waals surface area contributed by atoms with Crippen LogP contribution in [0.1, 0.15) is 37.1 Å². The van der Waals surface area contributed by atoms with Gasteiger partial charge in [0.25, 0.3) is 0 Å². The third-order valence-corrected chi connectivity index (χ3v) is 3.64. The van der Waals surface area contributed by atoms with Gasteiger partial charge in [-0.15, -0.1) is 0 Å². The van der Waals surface area contributed by atoms with Gasteiger partial charge in [0.1, 0.15) is 11.6 Å². The smallest absolute Gasteiger partial charge is 0.159 e. The van der Waals surface area contributed by atoms with Crippen LogP contribution in [0.2, 0.25) is 0 Å². The van der Waals surface area contributed by atoms with Gasteiger partial charge >= 0.3 is 0 Å². The van der Waals surface area contributed by atoms with Crippen LogP contribution >= 0.6 is 0 Å². The molecule has 1 aromatic heterocycles. The summed E-state index contributed by atoms with van der Waals surface area (Å²) >= 11 is 0. The molecule has 3 nitrogen and oxygen atoms in total. The van der Waals surface area contributed by atoms with Crippen LogP contribution in [0.5, 0.6) is 0 Å². The predicted molar refractivity (Wildman–Crippen MR) is 78.3 cm³/mol. The molecule has 0 unspecified atom stereocenters. The van der Waals surface area contributed by atoms with Gasteiger partial charge in [-0.05, 0) is 44.9 Å². The minimum atomic E-state index is -0.858. The number of aromatic nitrogens is 2. The second-order valence-corrected chi connectivity index (χ2v) is 5.34. The zero-order valence-electron chi connectivity index (χ0n) is 12.1. The average molecular weight is 289 g/mol. The number of benzene rings is 1. The summed E-state index contributed by atoms with van der Waals surface area (Å²) in [5.74, 6) is 0.251. The van der Waals surface area contributed by atoms with Gasteiger partial charge in [-0.25, -0.2) is 18.7 Å². The summed E-state index contributed by atoms with van der Waals surface area (Å²) in [6.45, 7) is 4.64. The lowest BCUT2D eigenvalue weighted by atomic mass is 10.1. The van der Waals surface area contributed by atoms with Gasteiger partial charge in [-0.3, -0.25) is 0 Å². The molecular weight excluding hydrogens is 272 g/mol. The summed E-state index contributed by atoms with van der Waals surface area (Å²) in [4.78, 5) is 9.14. The summed E-state index contributed by atoms with van der Waals surface area (Å²) in [6, 6.07) is 3.88.